The molecule has 0 aliphatic heterocycles. The third kappa shape index (κ3) is 3.67. The molecule has 1 aromatic carbocycles. The molecule has 0 bridgehead atoms. The van der Waals surface area contributed by atoms with Crippen molar-refractivity contribution in [2.24, 2.45) is 7.05 Å². The molecule has 2 rings (SSSR count). The molecule has 124 valence electrons. The third-order valence-corrected chi connectivity index (χ3v) is 4.76. The van der Waals surface area contributed by atoms with Gasteiger partial charge in [-0.2, -0.15) is 13.2 Å². The fourth-order valence-corrected chi connectivity index (χ4v) is 3.34. The normalized spacial score (nSPS) is 12.2. The number of alkyl halides is 3. The smallest absolute Gasteiger partial charge is 0.317 e. The van der Waals surface area contributed by atoms with Gasteiger partial charge >= 0.3 is 6.18 Å². The highest BCUT2D eigenvalue weighted by Gasteiger charge is 2.32. The molecule has 0 atom stereocenters. The Labute approximate surface area is 134 Å². The number of halogens is 4. The summed E-state index contributed by atoms with van der Waals surface area (Å²) in [5, 5.41) is -0.391. The summed E-state index contributed by atoms with van der Waals surface area (Å²) in [7, 11) is -3.06. The van der Waals surface area contributed by atoms with Crippen molar-refractivity contribution in [1.82, 2.24) is 4.57 Å². The van der Waals surface area contributed by atoms with E-state index in [4.69, 9.17) is 11.6 Å². The first-order chi connectivity index (χ1) is 10.5. The Hall–Kier alpha value is -2.00. The highest BCUT2D eigenvalue weighted by molar-refractivity contribution is 7.92. The summed E-state index contributed by atoms with van der Waals surface area (Å²) in [6, 6.07) is 4.53. The quantitative estimate of drug-likeness (QED) is 0.908. The number of pyridine rings is 1. The van der Waals surface area contributed by atoms with E-state index < -0.39 is 37.2 Å². The summed E-state index contributed by atoms with van der Waals surface area (Å²) in [6.45, 7) is 0. The van der Waals surface area contributed by atoms with E-state index >= 15 is 0 Å². The molecule has 1 N–H and O–H groups in total. The second kappa shape index (κ2) is 5.89. The van der Waals surface area contributed by atoms with Crippen LogP contribution in [0.4, 0.5) is 18.9 Å². The van der Waals surface area contributed by atoms with Crippen molar-refractivity contribution in [2.45, 2.75) is 11.1 Å². The van der Waals surface area contributed by atoms with Crippen molar-refractivity contribution in [3.05, 3.63) is 57.5 Å². The molecule has 1 aromatic heterocycles. The second-order valence-corrected chi connectivity index (χ2v) is 6.64. The van der Waals surface area contributed by atoms with Crippen LogP contribution in [0, 0.1) is 0 Å². The molecule has 0 aliphatic rings. The number of rotatable bonds is 3. The van der Waals surface area contributed by atoms with Gasteiger partial charge in [0.25, 0.3) is 15.6 Å². The Morgan fingerprint density at radius 2 is 1.87 bits per heavy atom. The van der Waals surface area contributed by atoms with Gasteiger partial charge in [-0.3, -0.25) is 9.52 Å². The van der Waals surface area contributed by atoms with E-state index in [1.54, 1.807) is 0 Å². The molecule has 23 heavy (non-hydrogen) atoms. The molecular weight excluding hydrogens is 357 g/mol. The van der Waals surface area contributed by atoms with E-state index in [2.05, 4.69) is 0 Å². The van der Waals surface area contributed by atoms with Gasteiger partial charge in [-0.1, -0.05) is 11.6 Å². The van der Waals surface area contributed by atoms with Crippen LogP contribution in [0.25, 0.3) is 0 Å². The van der Waals surface area contributed by atoms with Gasteiger partial charge < -0.3 is 4.57 Å². The van der Waals surface area contributed by atoms with Crippen molar-refractivity contribution in [3.63, 3.8) is 0 Å². The van der Waals surface area contributed by atoms with Crippen LogP contribution in [-0.2, 0) is 23.2 Å². The Morgan fingerprint density at radius 1 is 1.22 bits per heavy atom. The number of aromatic nitrogens is 1. The average Bonchev–Trinajstić information content (AvgIpc) is 2.42. The number of aryl methyl sites for hydroxylation is 1. The monoisotopic (exact) mass is 366 g/mol. The van der Waals surface area contributed by atoms with E-state index in [1.807, 2.05) is 4.72 Å². The van der Waals surface area contributed by atoms with E-state index in [1.165, 1.54) is 25.4 Å². The number of benzene rings is 1. The maximum absolute atomic E-state index is 12.7. The first-order valence-electron chi connectivity index (χ1n) is 6.07. The summed E-state index contributed by atoms with van der Waals surface area (Å²) >= 11 is 5.70. The molecule has 5 nitrogen and oxygen atoms in total. The summed E-state index contributed by atoms with van der Waals surface area (Å²) in [6.07, 6.45) is -3.32. The molecule has 0 saturated carbocycles. The standard InChI is InChI=1S/C13H10ClF3N2O3S/c1-19-6-2-3-10(12(19)20)18-23(21,22)11-7-8(13(15,16)17)4-5-9(11)14/h2-7,18H,1H3. The highest BCUT2D eigenvalue weighted by Crippen LogP contribution is 2.33. The number of hydrogen-bond donors (Lipinski definition) is 1. The summed E-state index contributed by atoms with van der Waals surface area (Å²) < 4.78 is 65.7. The van der Waals surface area contributed by atoms with Gasteiger partial charge in [0.1, 0.15) is 10.6 Å². The lowest BCUT2D eigenvalue weighted by Crippen LogP contribution is -2.24. The Morgan fingerprint density at radius 3 is 2.48 bits per heavy atom. The molecule has 0 amide bonds. The summed E-state index contributed by atoms with van der Waals surface area (Å²) in [5.41, 5.74) is -2.12. The minimum absolute atomic E-state index is 0.302. The van der Waals surface area contributed by atoms with Crippen LogP contribution in [0.15, 0.2) is 46.2 Å². The average molecular weight is 367 g/mol. The molecule has 0 radical (unpaired) electrons. The van der Waals surface area contributed by atoms with Crippen LogP contribution in [0.3, 0.4) is 0 Å². The zero-order valence-corrected chi connectivity index (χ0v) is 13.1. The van der Waals surface area contributed by atoms with Crippen molar-refractivity contribution >= 4 is 27.3 Å². The van der Waals surface area contributed by atoms with Crippen LogP contribution in [0.2, 0.25) is 5.02 Å². The zero-order valence-electron chi connectivity index (χ0n) is 11.6. The number of hydrogen-bond acceptors (Lipinski definition) is 3. The van der Waals surface area contributed by atoms with Crippen LogP contribution in [0.5, 0.6) is 0 Å². The van der Waals surface area contributed by atoms with E-state index in [0.29, 0.717) is 12.1 Å². The first kappa shape index (κ1) is 17.4. The number of nitrogens with one attached hydrogen (secondary N) is 1. The molecule has 0 fully saturated rings. The maximum Gasteiger partial charge on any atom is 0.416 e. The third-order valence-electron chi connectivity index (χ3n) is 2.92. The molecule has 0 unspecified atom stereocenters. The second-order valence-electron chi connectivity index (χ2n) is 4.59. The summed E-state index contributed by atoms with van der Waals surface area (Å²) in [5.74, 6) is 0. The number of sulfonamides is 1. The SMILES string of the molecule is Cn1cccc(NS(=O)(=O)c2cc(C(F)(F)F)ccc2Cl)c1=O. The Bertz CT molecular complexity index is 907. The first-order valence-corrected chi connectivity index (χ1v) is 7.94. The predicted molar refractivity (Wildman–Crippen MR) is 78.9 cm³/mol. The molecule has 10 heteroatoms. The van der Waals surface area contributed by atoms with Crippen LogP contribution in [0.1, 0.15) is 5.56 Å². The van der Waals surface area contributed by atoms with Gasteiger partial charge in [0.2, 0.25) is 0 Å². The molecule has 2 aromatic rings. The molecule has 1 heterocycles. The predicted octanol–water partition coefficient (Wildman–Crippen LogP) is 2.86. The van der Waals surface area contributed by atoms with E-state index in [0.717, 1.165) is 10.6 Å². The van der Waals surface area contributed by atoms with Crippen molar-refractivity contribution < 1.29 is 21.6 Å². The van der Waals surface area contributed by atoms with Gasteiger partial charge in [0.15, 0.2) is 0 Å². The van der Waals surface area contributed by atoms with E-state index in [-0.39, 0.29) is 5.69 Å². The lowest BCUT2D eigenvalue weighted by Gasteiger charge is -2.12. The van der Waals surface area contributed by atoms with Gasteiger partial charge in [0, 0.05) is 13.2 Å². The Balaban J connectivity index is 2.52. The Kier molecular flexibility index (Phi) is 4.45. The molecule has 0 aliphatic carbocycles. The zero-order chi connectivity index (χ0) is 17.4. The van der Waals surface area contributed by atoms with Crippen LogP contribution >= 0.6 is 11.6 Å². The maximum atomic E-state index is 12.7. The van der Waals surface area contributed by atoms with E-state index in [9.17, 15) is 26.4 Å². The van der Waals surface area contributed by atoms with Gasteiger partial charge in [0.05, 0.1) is 10.6 Å². The minimum Gasteiger partial charge on any atom is -0.317 e. The minimum atomic E-state index is -4.72. The van der Waals surface area contributed by atoms with Gasteiger partial charge in [-0.15, -0.1) is 0 Å². The highest BCUT2D eigenvalue weighted by atomic mass is 35.5. The number of anilines is 1. The van der Waals surface area contributed by atoms with Crippen molar-refractivity contribution in [3.8, 4) is 0 Å². The molecule has 0 saturated heterocycles. The summed E-state index contributed by atoms with van der Waals surface area (Å²) in [4.78, 5) is 11.0. The van der Waals surface area contributed by atoms with Crippen LogP contribution < -0.4 is 10.3 Å². The molecular formula is C13H10ClF3N2O3S. The van der Waals surface area contributed by atoms with Gasteiger partial charge in [-0.25, -0.2) is 8.42 Å². The topological polar surface area (TPSA) is 68.2 Å². The molecule has 0 spiro atoms. The van der Waals surface area contributed by atoms with Crippen molar-refractivity contribution in [1.29, 1.82) is 0 Å². The lowest BCUT2D eigenvalue weighted by atomic mass is 10.2. The largest absolute Gasteiger partial charge is 0.416 e. The lowest BCUT2D eigenvalue weighted by molar-refractivity contribution is -0.137. The number of nitrogens with zero attached hydrogens (tertiary/aromatic N) is 1. The van der Waals surface area contributed by atoms with Gasteiger partial charge in [-0.05, 0) is 30.3 Å². The fourth-order valence-electron chi connectivity index (χ4n) is 1.76. The van der Waals surface area contributed by atoms with Crippen LogP contribution in [-0.4, -0.2) is 13.0 Å². The fraction of sp³-hybridized carbons (Fsp3) is 0.154. The van der Waals surface area contributed by atoms with Crippen molar-refractivity contribution in [2.75, 3.05) is 4.72 Å².